The Balaban J connectivity index is 1.78. The minimum atomic E-state index is -2.91. The first-order chi connectivity index (χ1) is 16.1. The molecule has 3 rings (SSSR count). The van der Waals surface area contributed by atoms with Gasteiger partial charge in [-0.3, -0.25) is 9.79 Å². The number of halogens is 2. The molecule has 1 N–H and O–H groups in total. The van der Waals surface area contributed by atoms with Gasteiger partial charge in [0.05, 0.1) is 11.8 Å². The molecule has 1 aromatic heterocycles. The summed E-state index contributed by atoms with van der Waals surface area (Å²) >= 11 is 0. The van der Waals surface area contributed by atoms with Gasteiger partial charge >= 0.3 is 6.61 Å². The molecule has 0 saturated heterocycles. The highest BCUT2D eigenvalue weighted by molar-refractivity contribution is 5.89. The fourth-order valence-corrected chi connectivity index (χ4v) is 3.98. The van der Waals surface area contributed by atoms with E-state index >= 15 is 0 Å². The third-order valence-electron chi connectivity index (χ3n) is 5.91. The SMILES string of the molecule is C/C(=N\c1ccc(-c2cc(C)c(=O)n(C)c2)cc1C)[C@H](O)C[C@@H](C)c1ccccc1OC(F)F. The van der Waals surface area contributed by atoms with Gasteiger partial charge in [-0.05, 0) is 79.6 Å². The van der Waals surface area contributed by atoms with E-state index in [9.17, 15) is 18.7 Å². The molecule has 0 aliphatic carbocycles. The van der Waals surface area contributed by atoms with Crippen LogP contribution in [0, 0.1) is 13.8 Å². The van der Waals surface area contributed by atoms with Crippen molar-refractivity contribution in [3.05, 3.63) is 81.8 Å². The normalized spacial score (nSPS) is 13.7. The molecular weight excluding hydrogens is 438 g/mol. The molecular formula is C27H30F2N2O3. The van der Waals surface area contributed by atoms with E-state index in [2.05, 4.69) is 9.73 Å². The van der Waals surface area contributed by atoms with Gasteiger partial charge in [0.1, 0.15) is 5.75 Å². The Kier molecular flexibility index (Phi) is 7.99. The summed E-state index contributed by atoms with van der Waals surface area (Å²) in [6.07, 6.45) is 1.27. The average Bonchev–Trinajstić information content (AvgIpc) is 2.78. The van der Waals surface area contributed by atoms with Crippen molar-refractivity contribution in [1.82, 2.24) is 4.57 Å². The standard InChI is InChI=1S/C27H30F2N2O3/c1-16(22-8-6-7-9-25(22)34-27(28)29)14-24(32)19(4)30-23-11-10-20(12-17(23)2)21-13-18(3)26(33)31(5)15-21/h6-13,15-16,24,27,32H,14H2,1-5H3/b30-19+/t16-,24-/m1/s1. The van der Waals surface area contributed by atoms with Crippen molar-refractivity contribution in [1.29, 1.82) is 0 Å². The molecule has 5 nitrogen and oxygen atoms in total. The predicted octanol–water partition coefficient (Wildman–Crippen LogP) is 5.92. The van der Waals surface area contributed by atoms with Crippen molar-refractivity contribution in [3.63, 3.8) is 0 Å². The molecule has 0 radical (unpaired) electrons. The summed E-state index contributed by atoms with van der Waals surface area (Å²) < 4.78 is 31.6. The molecule has 0 fully saturated rings. The summed E-state index contributed by atoms with van der Waals surface area (Å²) in [7, 11) is 1.73. The lowest BCUT2D eigenvalue weighted by atomic mass is 9.93. The van der Waals surface area contributed by atoms with Crippen LogP contribution in [0.4, 0.5) is 14.5 Å². The number of nitrogens with zero attached hydrogens (tertiary/aromatic N) is 2. The first kappa shape index (κ1) is 25.3. The van der Waals surface area contributed by atoms with Crippen molar-refractivity contribution in [2.75, 3.05) is 0 Å². The number of ether oxygens (including phenoxy) is 1. The van der Waals surface area contributed by atoms with Gasteiger partial charge in [-0.1, -0.05) is 31.2 Å². The lowest BCUT2D eigenvalue weighted by molar-refractivity contribution is -0.0506. The third-order valence-corrected chi connectivity index (χ3v) is 5.91. The van der Waals surface area contributed by atoms with Crippen molar-refractivity contribution in [2.24, 2.45) is 12.0 Å². The molecule has 34 heavy (non-hydrogen) atoms. The smallest absolute Gasteiger partial charge is 0.387 e. The van der Waals surface area contributed by atoms with Crippen LogP contribution in [-0.4, -0.2) is 28.1 Å². The van der Waals surface area contributed by atoms with Crippen LogP contribution in [0.25, 0.3) is 11.1 Å². The Labute approximate surface area is 198 Å². The number of benzene rings is 2. The monoisotopic (exact) mass is 468 g/mol. The first-order valence-electron chi connectivity index (χ1n) is 11.1. The minimum Gasteiger partial charge on any atom is -0.435 e. The van der Waals surface area contributed by atoms with E-state index in [0.29, 0.717) is 23.3 Å². The Morgan fingerprint density at radius 1 is 1.09 bits per heavy atom. The van der Waals surface area contributed by atoms with Gasteiger partial charge in [0.25, 0.3) is 5.56 Å². The Bertz CT molecular complexity index is 1220. The fourth-order valence-electron chi connectivity index (χ4n) is 3.98. The summed E-state index contributed by atoms with van der Waals surface area (Å²) in [5, 5.41) is 10.7. The zero-order valence-electron chi connectivity index (χ0n) is 20.0. The number of aliphatic hydroxyl groups is 1. The van der Waals surface area contributed by atoms with Crippen LogP contribution < -0.4 is 10.3 Å². The second-order valence-electron chi connectivity index (χ2n) is 8.65. The third kappa shape index (κ3) is 5.97. The maximum atomic E-state index is 12.7. The van der Waals surface area contributed by atoms with Gasteiger partial charge < -0.3 is 14.4 Å². The number of rotatable bonds is 8. The molecule has 3 aromatic rings. The molecule has 0 unspecified atom stereocenters. The highest BCUT2D eigenvalue weighted by Crippen LogP contribution is 2.32. The molecule has 0 amide bonds. The van der Waals surface area contributed by atoms with E-state index in [4.69, 9.17) is 0 Å². The van der Waals surface area contributed by atoms with E-state index in [1.54, 1.807) is 49.9 Å². The summed E-state index contributed by atoms with van der Waals surface area (Å²) in [6.45, 7) is 4.44. The van der Waals surface area contributed by atoms with Crippen LogP contribution in [0.15, 0.2) is 64.5 Å². The van der Waals surface area contributed by atoms with Crippen LogP contribution in [0.2, 0.25) is 0 Å². The number of aromatic nitrogens is 1. The predicted molar refractivity (Wildman–Crippen MR) is 131 cm³/mol. The van der Waals surface area contributed by atoms with Crippen LogP contribution in [0.5, 0.6) is 5.75 Å². The van der Waals surface area contributed by atoms with E-state index in [-0.39, 0.29) is 17.2 Å². The van der Waals surface area contributed by atoms with Gasteiger partial charge in [-0.2, -0.15) is 8.78 Å². The molecule has 1 heterocycles. The highest BCUT2D eigenvalue weighted by atomic mass is 19.3. The second-order valence-corrected chi connectivity index (χ2v) is 8.65. The first-order valence-corrected chi connectivity index (χ1v) is 11.1. The number of alkyl halides is 2. The summed E-state index contributed by atoms with van der Waals surface area (Å²) in [6, 6.07) is 14.3. The lowest BCUT2D eigenvalue weighted by Crippen LogP contribution is -2.20. The van der Waals surface area contributed by atoms with Gasteiger partial charge in [0.2, 0.25) is 0 Å². The molecule has 2 aromatic carbocycles. The molecule has 7 heteroatoms. The fraction of sp³-hybridized carbons (Fsp3) is 0.333. The maximum Gasteiger partial charge on any atom is 0.387 e. The van der Waals surface area contributed by atoms with Crippen LogP contribution in [0.1, 0.15) is 42.9 Å². The van der Waals surface area contributed by atoms with Gasteiger partial charge in [-0.25, -0.2) is 0 Å². The van der Waals surface area contributed by atoms with E-state index in [1.807, 2.05) is 38.1 Å². The summed E-state index contributed by atoms with van der Waals surface area (Å²) in [5.74, 6) is -0.0987. The largest absolute Gasteiger partial charge is 0.435 e. The number of aliphatic hydroxyl groups excluding tert-OH is 1. The molecule has 0 aliphatic rings. The Hall–Kier alpha value is -3.32. The van der Waals surface area contributed by atoms with Crippen molar-refractivity contribution in [3.8, 4) is 16.9 Å². The number of aryl methyl sites for hydroxylation is 3. The zero-order valence-corrected chi connectivity index (χ0v) is 20.0. The molecule has 0 spiro atoms. The van der Waals surface area contributed by atoms with Gasteiger partial charge in [-0.15, -0.1) is 0 Å². The van der Waals surface area contributed by atoms with Gasteiger partial charge in [0.15, 0.2) is 0 Å². The van der Waals surface area contributed by atoms with E-state index in [1.165, 1.54) is 6.07 Å². The van der Waals surface area contributed by atoms with Crippen molar-refractivity contribution < 1.29 is 18.6 Å². The van der Waals surface area contributed by atoms with Crippen molar-refractivity contribution >= 4 is 11.4 Å². The topological polar surface area (TPSA) is 63.8 Å². The number of aliphatic imine (C=N–C) groups is 1. The number of para-hydroxylation sites is 1. The van der Waals surface area contributed by atoms with E-state index < -0.39 is 12.7 Å². The number of hydrogen-bond donors (Lipinski definition) is 1. The Morgan fingerprint density at radius 3 is 2.41 bits per heavy atom. The number of hydrogen-bond acceptors (Lipinski definition) is 4. The maximum absolute atomic E-state index is 12.7. The van der Waals surface area contributed by atoms with Crippen LogP contribution in [0.3, 0.4) is 0 Å². The minimum absolute atomic E-state index is 0.0241. The van der Waals surface area contributed by atoms with Crippen LogP contribution in [-0.2, 0) is 7.05 Å². The lowest BCUT2D eigenvalue weighted by Gasteiger charge is -2.20. The van der Waals surface area contributed by atoms with E-state index in [0.717, 1.165) is 22.4 Å². The van der Waals surface area contributed by atoms with Gasteiger partial charge in [0, 0.05) is 24.5 Å². The average molecular weight is 469 g/mol. The highest BCUT2D eigenvalue weighted by Gasteiger charge is 2.19. The summed E-state index contributed by atoms with van der Waals surface area (Å²) in [4.78, 5) is 16.6. The zero-order chi connectivity index (χ0) is 25.0. The molecule has 0 saturated carbocycles. The Morgan fingerprint density at radius 2 is 1.76 bits per heavy atom. The summed E-state index contributed by atoms with van der Waals surface area (Å²) in [5.41, 5.74) is 5.37. The van der Waals surface area contributed by atoms with Crippen molar-refractivity contribution in [2.45, 2.75) is 52.7 Å². The quantitative estimate of drug-likeness (QED) is 0.418. The van der Waals surface area contributed by atoms with Crippen LogP contribution >= 0.6 is 0 Å². The second kappa shape index (κ2) is 10.7. The molecule has 0 aliphatic heterocycles. The molecule has 0 bridgehead atoms. The number of pyridine rings is 1. The molecule has 2 atom stereocenters. The molecule has 180 valence electrons.